The molecule has 1 atom stereocenters. The predicted octanol–water partition coefficient (Wildman–Crippen LogP) is 3.13. The van der Waals surface area contributed by atoms with Crippen molar-refractivity contribution in [1.29, 1.82) is 5.26 Å². The summed E-state index contributed by atoms with van der Waals surface area (Å²) in [4.78, 5) is 29.2. The summed E-state index contributed by atoms with van der Waals surface area (Å²) in [5, 5.41) is 12.7. The van der Waals surface area contributed by atoms with Crippen LogP contribution in [-0.2, 0) is 9.59 Å². The fourth-order valence-electron chi connectivity index (χ4n) is 3.76. The Bertz CT molecular complexity index is 788. The van der Waals surface area contributed by atoms with Gasteiger partial charge in [-0.25, -0.2) is 0 Å². The standard InChI is InChI=1S/C22H29ClN4O2/c1-16-12-19(7-8-20(16)23)27(11-3-9-24)21(28)15-26-10-2-4-18(14-26)22(29)25-13-17-5-6-17/h7-8,12,17-18H,2-6,10-11,13-15H2,1H3,(H,25,29). The van der Waals surface area contributed by atoms with Crippen LogP contribution in [0.3, 0.4) is 0 Å². The monoisotopic (exact) mass is 416 g/mol. The van der Waals surface area contributed by atoms with Gasteiger partial charge in [-0.15, -0.1) is 0 Å². The molecule has 7 heteroatoms. The summed E-state index contributed by atoms with van der Waals surface area (Å²) in [6.45, 7) is 4.69. The number of nitrogens with one attached hydrogen (secondary N) is 1. The lowest BCUT2D eigenvalue weighted by atomic mass is 9.97. The molecule has 1 saturated heterocycles. The minimum atomic E-state index is -0.0550. The number of carbonyl (C=O) groups excluding carboxylic acids is 2. The molecule has 29 heavy (non-hydrogen) atoms. The Morgan fingerprint density at radius 1 is 1.34 bits per heavy atom. The summed E-state index contributed by atoms with van der Waals surface area (Å²) in [6.07, 6.45) is 4.48. The highest BCUT2D eigenvalue weighted by atomic mass is 35.5. The number of anilines is 1. The van der Waals surface area contributed by atoms with Gasteiger partial charge in [-0.3, -0.25) is 14.5 Å². The minimum absolute atomic E-state index is 0.0546. The lowest BCUT2D eigenvalue weighted by molar-refractivity contribution is -0.128. The van der Waals surface area contributed by atoms with Crippen LogP contribution in [0.5, 0.6) is 0 Å². The molecule has 1 unspecified atom stereocenters. The number of benzene rings is 1. The molecule has 0 aromatic heterocycles. The Kier molecular flexibility index (Phi) is 7.51. The fourth-order valence-corrected chi connectivity index (χ4v) is 3.87. The molecular formula is C22H29ClN4O2. The molecule has 156 valence electrons. The van der Waals surface area contributed by atoms with Crippen molar-refractivity contribution in [3.8, 4) is 6.07 Å². The molecule has 1 heterocycles. The molecule has 1 N–H and O–H groups in total. The highest BCUT2D eigenvalue weighted by molar-refractivity contribution is 6.31. The van der Waals surface area contributed by atoms with Crippen molar-refractivity contribution in [2.24, 2.45) is 11.8 Å². The smallest absolute Gasteiger partial charge is 0.241 e. The van der Waals surface area contributed by atoms with Crippen LogP contribution in [0.4, 0.5) is 5.69 Å². The molecule has 1 saturated carbocycles. The van der Waals surface area contributed by atoms with E-state index in [9.17, 15) is 9.59 Å². The number of hydrogen-bond acceptors (Lipinski definition) is 4. The zero-order valence-electron chi connectivity index (χ0n) is 17.0. The molecule has 1 aromatic carbocycles. The molecule has 1 aliphatic carbocycles. The topological polar surface area (TPSA) is 76.4 Å². The van der Waals surface area contributed by atoms with Gasteiger partial charge in [-0.05, 0) is 68.8 Å². The molecule has 0 spiro atoms. The van der Waals surface area contributed by atoms with E-state index in [0.29, 0.717) is 24.0 Å². The van der Waals surface area contributed by atoms with Crippen molar-refractivity contribution in [3.63, 3.8) is 0 Å². The van der Waals surface area contributed by atoms with Crippen LogP contribution >= 0.6 is 11.6 Å². The molecule has 2 aliphatic rings. The maximum absolute atomic E-state index is 13.1. The third kappa shape index (κ3) is 6.19. The zero-order valence-corrected chi connectivity index (χ0v) is 17.7. The largest absolute Gasteiger partial charge is 0.356 e. The zero-order chi connectivity index (χ0) is 20.8. The number of carbonyl (C=O) groups is 2. The first-order chi connectivity index (χ1) is 14.0. The van der Waals surface area contributed by atoms with Crippen LogP contribution < -0.4 is 10.2 Å². The summed E-state index contributed by atoms with van der Waals surface area (Å²) in [6, 6.07) is 7.59. The first-order valence-electron chi connectivity index (χ1n) is 10.4. The molecule has 0 radical (unpaired) electrons. The predicted molar refractivity (Wildman–Crippen MR) is 114 cm³/mol. The van der Waals surface area contributed by atoms with Crippen LogP contribution in [-0.4, -0.2) is 49.4 Å². The van der Waals surface area contributed by atoms with Crippen molar-refractivity contribution in [2.45, 2.75) is 39.0 Å². The first-order valence-corrected chi connectivity index (χ1v) is 10.8. The van der Waals surface area contributed by atoms with E-state index in [1.54, 1.807) is 11.0 Å². The Labute approximate surface area is 177 Å². The molecule has 1 aromatic rings. The van der Waals surface area contributed by atoms with Crippen LogP contribution in [0.15, 0.2) is 18.2 Å². The van der Waals surface area contributed by atoms with Gasteiger partial charge in [0.15, 0.2) is 0 Å². The normalized spacial score (nSPS) is 19.4. The number of hydrogen-bond donors (Lipinski definition) is 1. The number of amides is 2. The molecule has 2 amide bonds. The van der Waals surface area contributed by atoms with Gasteiger partial charge < -0.3 is 10.2 Å². The van der Waals surface area contributed by atoms with Crippen LogP contribution in [0.25, 0.3) is 0 Å². The number of halogens is 1. The van der Waals surface area contributed by atoms with Gasteiger partial charge >= 0.3 is 0 Å². The lowest BCUT2D eigenvalue weighted by Gasteiger charge is -2.33. The molecule has 2 fully saturated rings. The van der Waals surface area contributed by atoms with Crippen LogP contribution in [0.1, 0.15) is 37.7 Å². The van der Waals surface area contributed by atoms with E-state index < -0.39 is 0 Å². The number of piperidine rings is 1. The van der Waals surface area contributed by atoms with Crippen molar-refractivity contribution in [3.05, 3.63) is 28.8 Å². The third-order valence-electron chi connectivity index (χ3n) is 5.70. The van der Waals surface area contributed by atoms with E-state index in [1.807, 2.05) is 19.1 Å². The second kappa shape index (κ2) is 10.1. The number of nitrogens with zero attached hydrogens (tertiary/aromatic N) is 3. The number of rotatable bonds is 8. The Morgan fingerprint density at radius 2 is 2.14 bits per heavy atom. The first kappa shape index (κ1) is 21.6. The van der Waals surface area contributed by atoms with Gasteiger partial charge in [0.1, 0.15) is 0 Å². The average molecular weight is 417 g/mol. The highest BCUT2D eigenvalue weighted by Crippen LogP contribution is 2.28. The Morgan fingerprint density at radius 3 is 2.83 bits per heavy atom. The van der Waals surface area contributed by atoms with Gasteiger partial charge in [0.2, 0.25) is 11.8 Å². The van der Waals surface area contributed by atoms with Gasteiger partial charge in [0.25, 0.3) is 0 Å². The minimum Gasteiger partial charge on any atom is -0.356 e. The molecule has 0 bridgehead atoms. The lowest BCUT2D eigenvalue weighted by Crippen LogP contribution is -2.48. The number of likely N-dealkylation sites (tertiary alicyclic amines) is 1. The average Bonchev–Trinajstić information content (AvgIpc) is 3.54. The van der Waals surface area contributed by atoms with E-state index in [0.717, 1.165) is 37.2 Å². The van der Waals surface area contributed by atoms with Crippen molar-refractivity contribution >= 4 is 29.1 Å². The number of aryl methyl sites for hydroxylation is 1. The molecule has 1 aliphatic heterocycles. The van der Waals surface area contributed by atoms with E-state index in [1.165, 1.54) is 12.8 Å². The molecule has 3 rings (SSSR count). The van der Waals surface area contributed by atoms with Gasteiger partial charge in [-0.1, -0.05) is 11.6 Å². The maximum atomic E-state index is 13.1. The van der Waals surface area contributed by atoms with Crippen LogP contribution in [0.2, 0.25) is 5.02 Å². The van der Waals surface area contributed by atoms with Gasteiger partial charge in [0.05, 0.1) is 25.0 Å². The third-order valence-corrected chi connectivity index (χ3v) is 6.12. The van der Waals surface area contributed by atoms with Gasteiger partial charge in [0, 0.05) is 30.3 Å². The van der Waals surface area contributed by atoms with Crippen LogP contribution in [0, 0.1) is 30.1 Å². The summed E-state index contributed by atoms with van der Waals surface area (Å²) in [5.74, 6) is 0.669. The summed E-state index contributed by atoms with van der Waals surface area (Å²) in [7, 11) is 0. The second-order valence-corrected chi connectivity index (χ2v) is 8.56. The highest BCUT2D eigenvalue weighted by Gasteiger charge is 2.29. The van der Waals surface area contributed by atoms with Gasteiger partial charge in [-0.2, -0.15) is 5.26 Å². The second-order valence-electron chi connectivity index (χ2n) is 8.15. The molecule has 6 nitrogen and oxygen atoms in total. The Hall–Kier alpha value is -2.10. The van der Waals surface area contributed by atoms with E-state index in [4.69, 9.17) is 16.9 Å². The molecular weight excluding hydrogens is 388 g/mol. The number of nitriles is 1. The summed E-state index contributed by atoms with van der Waals surface area (Å²) < 4.78 is 0. The Balaban J connectivity index is 1.60. The van der Waals surface area contributed by atoms with E-state index in [-0.39, 0.29) is 30.7 Å². The SMILES string of the molecule is Cc1cc(N(CCC#N)C(=O)CN2CCCC(C(=O)NCC3CC3)C2)ccc1Cl. The van der Waals surface area contributed by atoms with Crippen molar-refractivity contribution in [2.75, 3.05) is 37.6 Å². The van der Waals surface area contributed by atoms with E-state index >= 15 is 0 Å². The maximum Gasteiger partial charge on any atom is 0.241 e. The van der Waals surface area contributed by atoms with Crippen molar-refractivity contribution in [1.82, 2.24) is 10.2 Å². The quantitative estimate of drug-likeness (QED) is 0.706. The fraction of sp³-hybridized carbons (Fsp3) is 0.591. The van der Waals surface area contributed by atoms with E-state index in [2.05, 4.69) is 16.3 Å². The summed E-state index contributed by atoms with van der Waals surface area (Å²) >= 11 is 6.12. The summed E-state index contributed by atoms with van der Waals surface area (Å²) in [5.41, 5.74) is 1.65. The van der Waals surface area contributed by atoms with Crippen molar-refractivity contribution < 1.29 is 9.59 Å².